The standard InChI is InChI=1S/C17H17NO6S/c1-9(2)14-8-16(19)22-15-7-12(5-6-13(14)15)24-25(20,21)17-10(3)18-23-11(17)4/h5-9H,1-4H3. The first-order chi connectivity index (χ1) is 11.7. The van der Waals surface area contributed by atoms with Crippen LogP contribution in [0.5, 0.6) is 5.75 Å². The van der Waals surface area contributed by atoms with E-state index in [1.165, 1.54) is 32.0 Å². The lowest BCUT2D eigenvalue weighted by Gasteiger charge is -2.10. The summed E-state index contributed by atoms with van der Waals surface area (Å²) in [6.07, 6.45) is 0. The minimum atomic E-state index is -4.11. The number of benzene rings is 1. The average Bonchev–Trinajstić information content (AvgIpc) is 2.85. The molecule has 0 aliphatic heterocycles. The first kappa shape index (κ1) is 17.2. The Bertz CT molecular complexity index is 1090. The van der Waals surface area contributed by atoms with Crippen molar-refractivity contribution in [1.82, 2.24) is 5.16 Å². The summed E-state index contributed by atoms with van der Waals surface area (Å²) < 4.78 is 40.2. The minimum Gasteiger partial charge on any atom is -0.423 e. The number of hydrogen-bond acceptors (Lipinski definition) is 7. The third-order valence-electron chi connectivity index (χ3n) is 3.79. The zero-order valence-corrected chi connectivity index (χ0v) is 15.0. The summed E-state index contributed by atoms with van der Waals surface area (Å²) in [4.78, 5) is 11.6. The van der Waals surface area contributed by atoms with E-state index in [9.17, 15) is 13.2 Å². The fourth-order valence-electron chi connectivity index (χ4n) is 2.70. The zero-order chi connectivity index (χ0) is 18.4. The quantitative estimate of drug-likeness (QED) is 0.518. The zero-order valence-electron chi connectivity index (χ0n) is 14.2. The molecule has 0 aliphatic rings. The molecular formula is C17H17NO6S. The van der Waals surface area contributed by atoms with Crippen LogP contribution in [0.25, 0.3) is 11.0 Å². The van der Waals surface area contributed by atoms with Crippen LogP contribution in [0.4, 0.5) is 0 Å². The van der Waals surface area contributed by atoms with Crippen LogP contribution in [0.3, 0.4) is 0 Å². The van der Waals surface area contributed by atoms with E-state index < -0.39 is 15.7 Å². The van der Waals surface area contributed by atoms with Crippen molar-refractivity contribution in [1.29, 1.82) is 0 Å². The lowest BCUT2D eigenvalue weighted by molar-refractivity contribution is 0.390. The molecule has 3 rings (SSSR count). The SMILES string of the molecule is Cc1noc(C)c1S(=O)(=O)Oc1ccc2c(C(C)C)cc(=O)oc2c1. The van der Waals surface area contributed by atoms with Crippen LogP contribution in [0.15, 0.2) is 42.9 Å². The molecule has 0 atom stereocenters. The van der Waals surface area contributed by atoms with Gasteiger partial charge in [-0.05, 0) is 37.5 Å². The van der Waals surface area contributed by atoms with Crippen molar-refractivity contribution in [2.75, 3.05) is 0 Å². The summed E-state index contributed by atoms with van der Waals surface area (Å²) in [5.74, 6) is 0.299. The van der Waals surface area contributed by atoms with Crippen molar-refractivity contribution in [3.8, 4) is 5.75 Å². The molecule has 0 unspecified atom stereocenters. The van der Waals surface area contributed by atoms with E-state index in [-0.39, 0.29) is 33.6 Å². The maximum atomic E-state index is 12.5. The molecule has 0 saturated carbocycles. The van der Waals surface area contributed by atoms with E-state index in [0.717, 1.165) is 10.9 Å². The van der Waals surface area contributed by atoms with Gasteiger partial charge in [0.1, 0.15) is 17.0 Å². The molecule has 1 aromatic carbocycles. The highest BCUT2D eigenvalue weighted by molar-refractivity contribution is 7.87. The van der Waals surface area contributed by atoms with Crippen molar-refractivity contribution in [2.24, 2.45) is 0 Å². The van der Waals surface area contributed by atoms with Crippen LogP contribution < -0.4 is 9.81 Å². The van der Waals surface area contributed by atoms with Crippen LogP contribution >= 0.6 is 0 Å². The number of fused-ring (bicyclic) bond motifs is 1. The Labute approximate surface area is 144 Å². The maximum Gasteiger partial charge on any atom is 0.344 e. The molecule has 2 aromatic heterocycles. The Kier molecular flexibility index (Phi) is 4.16. The average molecular weight is 363 g/mol. The number of aromatic nitrogens is 1. The molecule has 0 saturated heterocycles. The highest BCUT2D eigenvalue weighted by Crippen LogP contribution is 2.29. The van der Waals surface area contributed by atoms with Crippen LogP contribution in [0.1, 0.15) is 36.8 Å². The Morgan fingerprint density at radius 1 is 1.16 bits per heavy atom. The third kappa shape index (κ3) is 3.17. The van der Waals surface area contributed by atoms with Gasteiger partial charge in [-0.15, -0.1) is 0 Å². The molecule has 3 aromatic rings. The summed E-state index contributed by atoms with van der Waals surface area (Å²) in [5.41, 5.74) is 0.808. The van der Waals surface area contributed by atoms with E-state index in [0.29, 0.717) is 0 Å². The van der Waals surface area contributed by atoms with Crippen molar-refractivity contribution in [3.63, 3.8) is 0 Å². The largest absolute Gasteiger partial charge is 0.423 e. The first-order valence-electron chi connectivity index (χ1n) is 7.64. The van der Waals surface area contributed by atoms with Gasteiger partial charge in [-0.25, -0.2) is 4.79 Å². The lowest BCUT2D eigenvalue weighted by atomic mass is 10.00. The fourth-order valence-corrected chi connectivity index (χ4v) is 3.93. The molecule has 25 heavy (non-hydrogen) atoms. The molecular weight excluding hydrogens is 346 g/mol. The predicted molar refractivity (Wildman–Crippen MR) is 90.4 cm³/mol. The Balaban J connectivity index is 2.07. The number of aryl methyl sites for hydroxylation is 2. The van der Waals surface area contributed by atoms with Crippen LogP contribution in [0.2, 0.25) is 0 Å². The van der Waals surface area contributed by atoms with Gasteiger partial charge in [0, 0.05) is 17.5 Å². The summed E-state index contributed by atoms with van der Waals surface area (Å²) in [7, 11) is -4.11. The summed E-state index contributed by atoms with van der Waals surface area (Å²) in [6, 6.07) is 6.02. The van der Waals surface area contributed by atoms with E-state index in [1.807, 2.05) is 13.8 Å². The molecule has 7 nitrogen and oxygen atoms in total. The van der Waals surface area contributed by atoms with Crippen LogP contribution in [-0.2, 0) is 10.1 Å². The van der Waals surface area contributed by atoms with Gasteiger partial charge < -0.3 is 13.1 Å². The highest BCUT2D eigenvalue weighted by atomic mass is 32.2. The molecule has 8 heteroatoms. The molecule has 0 bridgehead atoms. The molecule has 0 amide bonds. The van der Waals surface area contributed by atoms with Crippen molar-refractivity contribution < 1.29 is 21.5 Å². The summed E-state index contributed by atoms with van der Waals surface area (Å²) in [5, 5.41) is 4.36. The molecule has 0 fully saturated rings. The maximum absolute atomic E-state index is 12.5. The lowest BCUT2D eigenvalue weighted by Crippen LogP contribution is -2.11. The van der Waals surface area contributed by atoms with Crippen molar-refractivity contribution >= 4 is 21.1 Å². The summed E-state index contributed by atoms with van der Waals surface area (Å²) in [6.45, 7) is 6.92. The summed E-state index contributed by atoms with van der Waals surface area (Å²) >= 11 is 0. The van der Waals surface area contributed by atoms with E-state index in [4.69, 9.17) is 13.1 Å². The predicted octanol–water partition coefficient (Wildman–Crippen LogP) is 3.29. The normalized spacial score (nSPS) is 12.0. The monoisotopic (exact) mass is 363 g/mol. The van der Waals surface area contributed by atoms with E-state index in [1.54, 1.807) is 6.07 Å². The Morgan fingerprint density at radius 2 is 1.88 bits per heavy atom. The van der Waals surface area contributed by atoms with Gasteiger partial charge >= 0.3 is 15.7 Å². The van der Waals surface area contributed by atoms with Gasteiger partial charge in [-0.2, -0.15) is 8.42 Å². The fraction of sp³-hybridized carbons (Fsp3) is 0.294. The smallest absolute Gasteiger partial charge is 0.344 e. The first-order valence-corrected chi connectivity index (χ1v) is 9.05. The number of hydrogen-bond donors (Lipinski definition) is 0. The van der Waals surface area contributed by atoms with E-state index in [2.05, 4.69) is 5.16 Å². The second-order valence-electron chi connectivity index (χ2n) is 6.02. The number of rotatable bonds is 4. The van der Waals surface area contributed by atoms with Gasteiger partial charge in [-0.1, -0.05) is 19.0 Å². The molecule has 0 N–H and O–H groups in total. The third-order valence-corrected chi connectivity index (χ3v) is 5.29. The van der Waals surface area contributed by atoms with E-state index >= 15 is 0 Å². The molecule has 0 spiro atoms. The van der Waals surface area contributed by atoms with Gasteiger partial charge in [0.05, 0.1) is 0 Å². The topological polar surface area (TPSA) is 99.6 Å². The molecule has 0 aliphatic carbocycles. The molecule has 2 heterocycles. The Morgan fingerprint density at radius 3 is 2.48 bits per heavy atom. The molecule has 132 valence electrons. The molecule has 0 radical (unpaired) electrons. The number of nitrogens with zero attached hydrogens (tertiary/aromatic N) is 1. The van der Waals surface area contributed by atoms with Crippen LogP contribution in [-0.4, -0.2) is 13.6 Å². The minimum absolute atomic E-state index is 0.0385. The van der Waals surface area contributed by atoms with Crippen molar-refractivity contribution in [3.05, 3.63) is 51.7 Å². The van der Waals surface area contributed by atoms with Crippen molar-refractivity contribution in [2.45, 2.75) is 38.5 Å². The van der Waals surface area contributed by atoms with Gasteiger partial charge in [0.15, 0.2) is 10.7 Å². The van der Waals surface area contributed by atoms with Gasteiger partial charge in [0.25, 0.3) is 0 Å². The Hall–Kier alpha value is -2.61. The van der Waals surface area contributed by atoms with Gasteiger partial charge in [-0.3, -0.25) is 0 Å². The van der Waals surface area contributed by atoms with Crippen LogP contribution in [0, 0.1) is 13.8 Å². The second kappa shape index (κ2) is 6.03. The van der Waals surface area contributed by atoms with Gasteiger partial charge in [0.2, 0.25) is 0 Å². The highest BCUT2D eigenvalue weighted by Gasteiger charge is 2.26. The second-order valence-corrected chi connectivity index (χ2v) is 7.51.